The van der Waals surface area contributed by atoms with Crippen molar-refractivity contribution in [2.75, 3.05) is 11.9 Å². The second-order valence-electron chi connectivity index (χ2n) is 4.68. The highest BCUT2D eigenvalue weighted by atomic mass is 35.5. The molecule has 0 amide bonds. The van der Waals surface area contributed by atoms with E-state index in [1.165, 1.54) is 32.1 Å². The van der Waals surface area contributed by atoms with Crippen molar-refractivity contribution in [1.82, 2.24) is 10.2 Å². The minimum atomic E-state index is 0.446. The van der Waals surface area contributed by atoms with Crippen molar-refractivity contribution in [1.29, 1.82) is 0 Å². The van der Waals surface area contributed by atoms with Crippen LogP contribution in [0.1, 0.15) is 39.0 Å². The predicted octanol–water partition coefficient (Wildman–Crippen LogP) is 3.51. The zero-order valence-electron chi connectivity index (χ0n) is 9.67. The van der Waals surface area contributed by atoms with Gasteiger partial charge in [-0.25, -0.2) is 0 Å². The molecule has 0 atom stereocenters. The Kier molecular flexibility index (Phi) is 3.64. The molecule has 1 aliphatic carbocycles. The highest BCUT2D eigenvalue weighted by Crippen LogP contribution is 2.40. The molecule has 88 valence electrons. The number of hydrogen-bond donors (Lipinski definition) is 1. The van der Waals surface area contributed by atoms with Gasteiger partial charge in [-0.2, -0.15) is 5.10 Å². The summed E-state index contributed by atoms with van der Waals surface area (Å²) < 4.78 is 0. The van der Waals surface area contributed by atoms with E-state index in [4.69, 9.17) is 11.6 Å². The average molecular weight is 240 g/mol. The number of anilines is 1. The molecule has 3 nitrogen and oxygen atoms in total. The summed E-state index contributed by atoms with van der Waals surface area (Å²) in [5.74, 6) is 0. The first-order valence-corrected chi connectivity index (χ1v) is 6.34. The van der Waals surface area contributed by atoms with E-state index in [1.54, 1.807) is 6.20 Å². The van der Waals surface area contributed by atoms with Crippen LogP contribution in [-0.2, 0) is 0 Å². The molecule has 4 heteroatoms. The lowest BCUT2D eigenvalue weighted by molar-refractivity contribution is 0.307. The summed E-state index contributed by atoms with van der Waals surface area (Å²) in [6.45, 7) is 3.30. The number of hydrogen-bond acceptors (Lipinski definition) is 3. The number of nitrogens with zero attached hydrogens (tertiary/aromatic N) is 2. The molecule has 1 aliphatic rings. The Bertz CT molecular complexity index is 348. The minimum absolute atomic E-state index is 0.446. The third-order valence-electron chi connectivity index (χ3n) is 3.71. The van der Waals surface area contributed by atoms with Crippen molar-refractivity contribution in [3.8, 4) is 0 Å². The molecule has 1 heterocycles. The van der Waals surface area contributed by atoms with E-state index in [0.717, 1.165) is 12.2 Å². The van der Waals surface area contributed by atoms with Gasteiger partial charge < -0.3 is 5.32 Å². The van der Waals surface area contributed by atoms with Gasteiger partial charge in [0.1, 0.15) is 0 Å². The summed E-state index contributed by atoms with van der Waals surface area (Å²) in [5.41, 5.74) is 1.45. The van der Waals surface area contributed by atoms with Gasteiger partial charge in [-0.3, -0.25) is 0 Å². The fourth-order valence-electron chi connectivity index (χ4n) is 2.51. The van der Waals surface area contributed by atoms with Crippen LogP contribution >= 0.6 is 11.6 Å². The van der Waals surface area contributed by atoms with E-state index >= 15 is 0 Å². The monoisotopic (exact) mass is 239 g/mol. The lowest BCUT2D eigenvalue weighted by Crippen LogP contribution is -2.25. The van der Waals surface area contributed by atoms with Gasteiger partial charge in [0.2, 0.25) is 0 Å². The molecule has 0 radical (unpaired) electrons. The molecule has 1 saturated carbocycles. The van der Waals surface area contributed by atoms with Crippen LogP contribution in [0.2, 0.25) is 5.15 Å². The van der Waals surface area contributed by atoms with Crippen LogP contribution in [0.25, 0.3) is 0 Å². The summed E-state index contributed by atoms with van der Waals surface area (Å²) in [6.07, 6.45) is 8.37. The molecule has 0 aliphatic heterocycles. The van der Waals surface area contributed by atoms with Crippen molar-refractivity contribution >= 4 is 17.3 Å². The van der Waals surface area contributed by atoms with E-state index < -0.39 is 0 Å². The zero-order valence-corrected chi connectivity index (χ0v) is 10.4. The molecule has 0 unspecified atom stereocenters. The number of nitrogens with one attached hydrogen (secondary N) is 1. The van der Waals surface area contributed by atoms with E-state index in [-0.39, 0.29) is 0 Å². The third kappa shape index (κ3) is 2.64. The van der Waals surface area contributed by atoms with Crippen LogP contribution < -0.4 is 5.32 Å². The molecule has 0 saturated heterocycles. The van der Waals surface area contributed by atoms with Gasteiger partial charge in [-0.1, -0.05) is 31.4 Å². The van der Waals surface area contributed by atoms with Gasteiger partial charge in [0.15, 0.2) is 5.15 Å². The van der Waals surface area contributed by atoms with Crippen LogP contribution in [0.5, 0.6) is 0 Å². The normalized spacial score (nSPS) is 18.6. The van der Waals surface area contributed by atoms with Crippen LogP contribution in [0.4, 0.5) is 5.69 Å². The molecule has 0 bridgehead atoms. The molecule has 1 aromatic heterocycles. The summed E-state index contributed by atoms with van der Waals surface area (Å²) in [7, 11) is 0. The van der Waals surface area contributed by atoms with Crippen molar-refractivity contribution in [2.24, 2.45) is 5.41 Å². The van der Waals surface area contributed by atoms with E-state index in [9.17, 15) is 0 Å². The first-order chi connectivity index (χ1) is 7.74. The maximum atomic E-state index is 5.80. The SMILES string of the molecule is CCC1(CNc2cnnc(Cl)c2)CCCC1. The van der Waals surface area contributed by atoms with E-state index in [0.29, 0.717) is 10.6 Å². The Morgan fingerprint density at radius 1 is 1.44 bits per heavy atom. The number of aromatic nitrogens is 2. The highest BCUT2D eigenvalue weighted by molar-refractivity contribution is 6.29. The smallest absolute Gasteiger partial charge is 0.153 e. The van der Waals surface area contributed by atoms with Gasteiger partial charge in [0, 0.05) is 12.6 Å². The third-order valence-corrected chi connectivity index (χ3v) is 3.89. The maximum absolute atomic E-state index is 5.80. The molecule has 0 aromatic carbocycles. The summed E-state index contributed by atoms with van der Waals surface area (Å²) in [6, 6.07) is 1.83. The Labute approximate surface area is 102 Å². The quantitative estimate of drug-likeness (QED) is 0.874. The fraction of sp³-hybridized carbons (Fsp3) is 0.667. The Morgan fingerprint density at radius 3 is 2.81 bits per heavy atom. The Morgan fingerprint density at radius 2 is 2.19 bits per heavy atom. The maximum Gasteiger partial charge on any atom is 0.153 e. The molecular weight excluding hydrogens is 222 g/mol. The second-order valence-corrected chi connectivity index (χ2v) is 5.07. The largest absolute Gasteiger partial charge is 0.383 e. The first kappa shape index (κ1) is 11.6. The number of rotatable bonds is 4. The van der Waals surface area contributed by atoms with Crippen LogP contribution in [0.3, 0.4) is 0 Å². The van der Waals surface area contributed by atoms with Crippen molar-refractivity contribution < 1.29 is 0 Å². The van der Waals surface area contributed by atoms with Gasteiger partial charge in [0.25, 0.3) is 0 Å². The molecule has 1 fully saturated rings. The summed E-state index contributed by atoms with van der Waals surface area (Å²) in [5, 5.41) is 11.4. The summed E-state index contributed by atoms with van der Waals surface area (Å²) >= 11 is 5.80. The summed E-state index contributed by atoms with van der Waals surface area (Å²) in [4.78, 5) is 0. The van der Waals surface area contributed by atoms with Crippen molar-refractivity contribution in [2.45, 2.75) is 39.0 Å². The van der Waals surface area contributed by atoms with Crippen molar-refractivity contribution in [3.63, 3.8) is 0 Å². The molecular formula is C12H18ClN3. The van der Waals surface area contributed by atoms with Gasteiger partial charge in [-0.05, 0) is 24.7 Å². The second kappa shape index (κ2) is 5.00. The molecule has 2 rings (SSSR count). The standard InChI is InChI=1S/C12H18ClN3/c1-2-12(5-3-4-6-12)9-14-10-7-11(13)16-15-8-10/h7-8H,2-6,9H2,1H3,(H,14,16). The van der Waals surface area contributed by atoms with Crippen LogP contribution in [-0.4, -0.2) is 16.7 Å². The van der Waals surface area contributed by atoms with Gasteiger partial charge in [0.05, 0.1) is 11.9 Å². The fourth-order valence-corrected chi connectivity index (χ4v) is 2.67. The first-order valence-electron chi connectivity index (χ1n) is 5.96. The van der Waals surface area contributed by atoms with Crippen LogP contribution in [0, 0.1) is 5.41 Å². The highest BCUT2D eigenvalue weighted by Gasteiger charge is 2.31. The van der Waals surface area contributed by atoms with Gasteiger partial charge >= 0.3 is 0 Å². The average Bonchev–Trinajstić information content (AvgIpc) is 2.76. The lowest BCUT2D eigenvalue weighted by atomic mass is 9.83. The van der Waals surface area contributed by atoms with Gasteiger partial charge in [-0.15, -0.1) is 5.10 Å². The molecule has 16 heavy (non-hydrogen) atoms. The lowest BCUT2D eigenvalue weighted by Gasteiger charge is -2.28. The molecule has 0 spiro atoms. The Balaban J connectivity index is 1.95. The van der Waals surface area contributed by atoms with E-state index in [2.05, 4.69) is 22.4 Å². The zero-order chi connectivity index (χ0) is 11.4. The predicted molar refractivity (Wildman–Crippen MR) is 66.7 cm³/mol. The molecule has 1 aromatic rings. The van der Waals surface area contributed by atoms with Crippen molar-refractivity contribution in [3.05, 3.63) is 17.4 Å². The minimum Gasteiger partial charge on any atom is -0.383 e. The number of halogens is 1. The Hall–Kier alpha value is -0.830. The van der Waals surface area contributed by atoms with E-state index in [1.807, 2.05) is 6.07 Å². The topological polar surface area (TPSA) is 37.8 Å². The molecule has 1 N–H and O–H groups in total. The van der Waals surface area contributed by atoms with Crippen LogP contribution in [0.15, 0.2) is 12.3 Å².